The number of ether oxygens (including phenoxy) is 3. The highest BCUT2D eigenvalue weighted by Crippen LogP contribution is 2.23. The van der Waals surface area contributed by atoms with Gasteiger partial charge in [-0.1, -0.05) is 36.2 Å². The summed E-state index contributed by atoms with van der Waals surface area (Å²) in [5.41, 5.74) is 0. The van der Waals surface area contributed by atoms with Gasteiger partial charge in [0.2, 0.25) is 0 Å². The highest BCUT2D eigenvalue weighted by Gasteiger charge is 2.19. The second-order valence-corrected chi connectivity index (χ2v) is 8.45. The molecule has 0 radical (unpaired) electrons. The minimum absolute atomic E-state index is 0.131. The van der Waals surface area contributed by atoms with Crippen molar-refractivity contribution in [3.8, 4) is 0 Å². The fourth-order valence-electron chi connectivity index (χ4n) is 1.89. The summed E-state index contributed by atoms with van der Waals surface area (Å²) in [5, 5.41) is 9.36. The first-order chi connectivity index (χ1) is 10.2. The van der Waals surface area contributed by atoms with Crippen molar-refractivity contribution in [1.29, 1.82) is 0 Å². The quantitative estimate of drug-likeness (QED) is 0.546. The molecule has 0 saturated carbocycles. The number of aliphatic hydroxyl groups excluding tert-OH is 1. The summed E-state index contributed by atoms with van der Waals surface area (Å²) < 4.78 is 15.4. The van der Waals surface area contributed by atoms with E-state index >= 15 is 0 Å². The molecule has 0 fully saturated rings. The molecule has 0 spiro atoms. The van der Waals surface area contributed by atoms with Crippen LogP contribution >= 0.6 is 15.9 Å². The third-order valence-corrected chi connectivity index (χ3v) is 3.61. The van der Waals surface area contributed by atoms with Crippen LogP contribution in [-0.2, 0) is 14.2 Å². The minimum atomic E-state index is -0.273. The van der Waals surface area contributed by atoms with Gasteiger partial charge < -0.3 is 19.3 Å². The maximum Gasteiger partial charge on any atom is 0.0817 e. The van der Waals surface area contributed by atoms with Gasteiger partial charge in [-0.25, -0.2) is 0 Å². The number of hydrogen-bond donors (Lipinski definition) is 1. The molecule has 5 heteroatoms. The summed E-state index contributed by atoms with van der Waals surface area (Å²) in [6, 6.07) is 0. The first-order valence-corrected chi connectivity index (χ1v) is 8.95. The van der Waals surface area contributed by atoms with Gasteiger partial charge in [-0.05, 0) is 39.5 Å². The lowest BCUT2D eigenvalue weighted by atomic mass is 10.0. The predicted octanol–water partition coefficient (Wildman–Crippen LogP) is 4.03. The van der Waals surface area contributed by atoms with Gasteiger partial charge in [0.1, 0.15) is 0 Å². The van der Waals surface area contributed by atoms with Gasteiger partial charge in [0.15, 0.2) is 0 Å². The Bertz CT molecular complexity index is 231. The van der Waals surface area contributed by atoms with Crippen molar-refractivity contribution in [3.05, 3.63) is 0 Å². The van der Waals surface area contributed by atoms with E-state index in [1.165, 1.54) is 0 Å². The van der Waals surface area contributed by atoms with E-state index in [1.54, 1.807) is 14.2 Å². The second-order valence-electron chi connectivity index (χ2n) is 6.30. The van der Waals surface area contributed by atoms with Crippen LogP contribution in [-0.4, -0.2) is 55.7 Å². The molecule has 0 heterocycles. The maximum absolute atomic E-state index is 9.36. The van der Waals surface area contributed by atoms with Gasteiger partial charge in [-0.2, -0.15) is 0 Å². The van der Waals surface area contributed by atoms with Crippen LogP contribution in [0.2, 0.25) is 0 Å². The Balaban J connectivity index is 0. The van der Waals surface area contributed by atoms with Crippen LogP contribution in [0.3, 0.4) is 0 Å². The molecule has 0 aromatic heterocycles. The summed E-state index contributed by atoms with van der Waals surface area (Å²) in [7, 11) is 3.40. The molecular weight excluding hydrogens is 348 g/mol. The number of halogens is 1. The zero-order valence-electron chi connectivity index (χ0n) is 15.5. The largest absolute Gasteiger partial charge is 0.391 e. The van der Waals surface area contributed by atoms with E-state index in [1.807, 2.05) is 6.92 Å². The van der Waals surface area contributed by atoms with Crippen LogP contribution < -0.4 is 0 Å². The average molecular weight is 385 g/mol. The average Bonchev–Trinajstić information content (AvgIpc) is 2.43. The Morgan fingerprint density at radius 2 is 1.73 bits per heavy atom. The molecule has 0 rings (SSSR count). The number of methoxy groups -OCH3 is 2. The Hall–Kier alpha value is 0.320. The molecule has 22 heavy (non-hydrogen) atoms. The molecule has 0 aliphatic rings. The summed E-state index contributed by atoms with van der Waals surface area (Å²) in [5.74, 6) is 0.602. The van der Waals surface area contributed by atoms with E-state index in [9.17, 15) is 5.11 Å². The van der Waals surface area contributed by atoms with Crippen molar-refractivity contribution < 1.29 is 19.3 Å². The van der Waals surface area contributed by atoms with E-state index in [0.29, 0.717) is 25.7 Å². The Kier molecular flexibility index (Phi) is 16.6. The Morgan fingerprint density at radius 1 is 1.14 bits per heavy atom. The first kappa shape index (κ1) is 24.6. The molecule has 0 aliphatic carbocycles. The number of alkyl halides is 1. The molecule has 0 bridgehead atoms. The second kappa shape index (κ2) is 14.9. The topological polar surface area (TPSA) is 47.9 Å². The SMILES string of the molecule is CCOCC(O)CC(C)CC.COCC(CC(C)(C)Br)OC. The van der Waals surface area contributed by atoms with Gasteiger partial charge in [-0.15, -0.1) is 0 Å². The molecule has 0 saturated heterocycles. The van der Waals surface area contributed by atoms with Crippen molar-refractivity contribution in [2.75, 3.05) is 34.0 Å². The van der Waals surface area contributed by atoms with E-state index in [4.69, 9.17) is 14.2 Å². The van der Waals surface area contributed by atoms with Gasteiger partial charge in [0.05, 0.1) is 25.4 Å². The first-order valence-electron chi connectivity index (χ1n) is 8.16. The number of aliphatic hydroxyl groups is 1. The lowest BCUT2D eigenvalue weighted by Crippen LogP contribution is -2.25. The smallest absolute Gasteiger partial charge is 0.0817 e. The highest BCUT2D eigenvalue weighted by molar-refractivity contribution is 9.10. The minimum Gasteiger partial charge on any atom is -0.391 e. The molecule has 0 aliphatic heterocycles. The maximum atomic E-state index is 9.36. The van der Waals surface area contributed by atoms with Crippen LogP contribution in [0.25, 0.3) is 0 Å². The summed E-state index contributed by atoms with van der Waals surface area (Å²) in [6.07, 6.45) is 2.86. The van der Waals surface area contributed by atoms with E-state index in [2.05, 4.69) is 43.6 Å². The van der Waals surface area contributed by atoms with Crippen molar-refractivity contribution in [3.63, 3.8) is 0 Å². The molecule has 3 atom stereocenters. The normalized spacial score (nSPS) is 15.7. The van der Waals surface area contributed by atoms with Crippen molar-refractivity contribution >= 4 is 15.9 Å². The third-order valence-electron chi connectivity index (χ3n) is 3.28. The Labute approximate surface area is 146 Å². The van der Waals surface area contributed by atoms with Crippen molar-refractivity contribution in [2.45, 2.75) is 70.4 Å². The van der Waals surface area contributed by atoms with E-state index in [-0.39, 0.29) is 16.5 Å². The van der Waals surface area contributed by atoms with Crippen LogP contribution in [0.5, 0.6) is 0 Å². The van der Waals surface area contributed by atoms with Gasteiger partial charge in [0.25, 0.3) is 0 Å². The van der Waals surface area contributed by atoms with Gasteiger partial charge in [0, 0.05) is 25.2 Å². The number of rotatable bonds is 11. The zero-order valence-corrected chi connectivity index (χ0v) is 17.1. The third kappa shape index (κ3) is 18.4. The molecule has 0 aromatic carbocycles. The van der Waals surface area contributed by atoms with Crippen molar-refractivity contribution in [2.24, 2.45) is 5.92 Å². The summed E-state index contributed by atoms with van der Waals surface area (Å²) in [4.78, 5) is 0. The molecule has 4 nitrogen and oxygen atoms in total. The van der Waals surface area contributed by atoms with Gasteiger partial charge >= 0.3 is 0 Å². The van der Waals surface area contributed by atoms with Gasteiger partial charge in [-0.3, -0.25) is 0 Å². The standard InChI is InChI=1S/C9H20O2.C8H17BrO2/c1-4-8(3)6-9(10)7-11-5-2;1-8(2,9)5-7(11-4)6-10-3/h8-10H,4-7H2,1-3H3;7H,5-6H2,1-4H3. The fourth-order valence-corrected chi connectivity index (χ4v) is 2.25. The van der Waals surface area contributed by atoms with Crippen molar-refractivity contribution in [1.82, 2.24) is 0 Å². The van der Waals surface area contributed by atoms with Crippen LogP contribution in [0.15, 0.2) is 0 Å². The number of hydrogen-bond acceptors (Lipinski definition) is 4. The molecular formula is C17H37BrO4. The zero-order chi connectivity index (χ0) is 17.6. The molecule has 3 unspecified atom stereocenters. The lowest BCUT2D eigenvalue weighted by Gasteiger charge is -2.22. The van der Waals surface area contributed by atoms with Crippen LogP contribution in [0, 0.1) is 5.92 Å². The van der Waals surface area contributed by atoms with E-state index in [0.717, 1.165) is 19.3 Å². The molecule has 0 aromatic rings. The predicted molar refractivity (Wildman–Crippen MR) is 96.9 cm³/mol. The summed E-state index contributed by atoms with van der Waals surface area (Å²) in [6.45, 7) is 12.3. The lowest BCUT2D eigenvalue weighted by molar-refractivity contribution is 0.0196. The fraction of sp³-hybridized carbons (Fsp3) is 1.00. The molecule has 136 valence electrons. The highest BCUT2D eigenvalue weighted by atomic mass is 79.9. The molecule has 1 N–H and O–H groups in total. The molecule has 0 amide bonds. The van der Waals surface area contributed by atoms with Crippen LogP contribution in [0.1, 0.15) is 53.9 Å². The van der Waals surface area contributed by atoms with Crippen LogP contribution in [0.4, 0.5) is 0 Å². The monoisotopic (exact) mass is 384 g/mol. The summed E-state index contributed by atoms with van der Waals surface area (Å²) >= 11 is 3.55. The van der Waals surface area contributed by atoms with E-state index < -0.39 is 0 Å². The Morgan fingerprint density at radius 3 is 2.09 bits per heavy atom.